The molecular formula is C13H23N5O2. The van der Waals surface area contributed by atoms with E-state index >= 15 is 0 Å². The van der Waals surface area contributed by atoms with E-state index in [0.717, 1.165) is 25.9 Å². The van der Waals surface area contributed by atoms with Crippen LogP contribution in [0.1, 0.15) is 43.2 Å². The molecule has 1 aliphatic heterocycles. The second kappa shape index (κ2) is 7.35. The van der Waals surface area contributed by atoms with Crippen LogP contribution in [0.15, 0.2) is 6.20 Å². The Labute approximate surface area is 119 Å². The van der Waals surface area contributed by atoms with Crippen molar-refractivity contribution in [1.82, 2.24) is 25.6 Å². The summed E-state index contributed by atoms with van der Waals surface area (Å²) in [6.07, 6.45) is 3.95. The van der Waals surface area contributed by atoms with Gasteiger partial charge in [-0.2, -0.15) is 0 Å². The molecule has 1 saturated heterocycles. The number of nitrogens with zero attached hydrogens (tertiary/aromatic N) is 3. The van der Waals surface area contributed by atoms with E-state index in [1.165, 1.54) is 0 Å². The fraction of sp³-hybridized carbons (Fsp3) is 0.769. The first-order chi connectivity index (χ1) is 9.66. The summed E-state index contributed by atoms with van der Waals surface area (Å²) >= 11 is 0. The Morgan fingerprint density at radius 1 is 1.55 bits per heavy atom. The van der Waals surface area contributed by atoms with Gasteiger partial charge in [0.2, 0.25) is 0 Å². The normalized spacial score (nSPS) is 16.6. The molecule has 0 unspecified atom stereocenters. The molecule has 1 aliphatic rings. The van der Waals surface area contributed by atoms with Gasteiger partial charge in [-0.3, -0.25) is 4.79 Å². The summed E-state index contributed by atoms with van der Waals surface area (Å²) in [6.45, 7) is 6.89. The fourth-order valence-corrected chi connectivity index (χ4v) is 2.18. The summed E-state index contributed by atoms with van der Waals surface area (Å²) < 4.78 is 7.17. The van der Waals surface area contributed by atoms with Crippen molar-refractivity contribution in [2.45, 2.75) is 38.8 Å². The second-order valence-corrected chi connectivity index (χ2v) is 5.24. The zero-order valence-electron chi connectivity index (χ0n) is 12.1. The van der Waals surface area contributed by atoms with E-state index in [1.807, 2.05) is 13.8 Å². The molecule has 1 fully saturated rings. The number of carbonyl (C=O) groups is 1. The van der Waals surface area contributed by atoms with Crippen LogP contribution >= 0.6 is 0 Å². The number of hydrogen-bond donors (Lipinski definition) is 2. The number of carbonyl (C=O) groups excluding carboxylic acids is 1. The minimum absolute atomic E-state index is 0.174. The average molecular weight is 281 g/mol. The van der Waals surface area contributed by atoms with Crippen LogP contribution in [0.25, 0.3) is 0 Å². The molecule has 2 heterocycles. The molecule has 112 valence electrons. The highest BCUT2D eigenvalue weighted by atomic mass is 16.5. The number of rotatable bonds is 6. The van der Waals surface area contributed by atoms with Gasteiger partial charge in [0.05, 0.1) is 24.9 Å². The summed E-state index contributed by atoms with van der Waals surface area (Å²) in [6, 6.07) is 0.342. The van der Waals surface area contributed by atoms with Gasteiger partial charge in [0, 0.05) is 6.54 Å². The molecular weight excluding hydrogens is 258 g/mol. The van der Waals surface area contributed by atoms with Crippen molar-refractivity contribution in [3.63, 3.8) is 0 Å². The molecule has 0 saturated carbocycles. The van der Waals surface area contributed by atoms with Crippen LogP contribution in [0.3, 0.4) is 0 Å². The third-order valence-electron chi connectivity index (χ3n) is 3.26. The summed E-state index contributed by atoms with van der Waals surface area (Å²) in [5.41, 5.74) is 0.369. The Bertz CT molecular complexity index is 426. The molecule has 0 bridgehead atoms. The predicted octanol–water partition coefficient (Wildman–Crippen LogP) is 0.357. The first-order valence-electron chi connectivity index (χ1n) is 7.19. The second-order valence-electron chi connectivity index (χ2n) is 5.24. The van der Waals surface area contributed by atoms with E-state index in [1.54, 1.807) is 10.9 Å². The van der Waals surface area contributed by atoms with E-state index in [2.05, 4.69) is 20.9 Å². The van der Waals surface area contributed by atoms with Gasteiger partial charge < -0.3 is 15.4 Å². The molecule has 1 aromatic heterocycles. The molecule has 20 heavy (non-hydrogen) atoms. The molecule has 0 aromatic carbocycles. The lowest BCUT2D eigenvalue weighted by Crippen LogP contribution is -2.30. The van der Waals surface area contributed by atoms with Gasteiger partial charge in [-0.25, -0.2) is 4.68 Å². The lowest BCUT2D eigenvalue weighted by atomic mass is 10.1. The van der Waals surface area contributed by atoms with Gasteiger partial charge in [-0.1, -0.05) is 5.21 Å². The van der Waals surface area contributed by atoms with Crippen LogP contribution in [-0.2, 0) is 4.74 Å². The Morgan fingerprint density at radius 3 is 3.00 bits per heavy atom. The zero-order valence-corrected chi connectivity index (χ0v) is 12.1. The van der Waals surface area contributed by atoms with E-state index in [0.29, 0.717) is 24.9 Å². The van der Waals surface area contributed by atoms with Crippen molar-refractivity contribution in [3.8, 4) is 0 Å². The summed E-state index contributed by atoms with van der Waals surface area (Å²) in [5.74, 6) is -0.197. The molecule has 2 N–H and O–H groups in total. The van der Waals surface area contributed by atoms with Crippen molar-refractivity contribution >= 4 is 5.91 Å². The van der Waals surface area contributed by atoms with E-state index in [-0.39, 0.29) is 12.0 Å². The molecule has 0 atom stereocenters. The van der Waals surface area contributed by atoms with Crippen LogP contribution in [0.4, 0.5) is 0 Å². The standard InChI is InChI=1S/C13H23N5O2/c1-10(2)20-8-7-15-13(19)12-9-18(17-16-12)11-3-5-14-6-4-11/h9-11,14H,3-8H2,1-2H3,(H,15,19). The molecule has 1 aromatic rings. The number of amides is 1. The van der Waals surface area contributed by atoms with Crippen molar-refractivity contribution in [2.24, 2.45) is 0 Å². The van der Waals surface area contributed by atoms with Gasteiger partial charge in [-0.05, 0) is 39.8 Å². The molecule has 7 nitrogen and oxygen atoms in total. The largest absolute Gasteiger partial charge is 0.377 e. The molecule has 1 amide bonds. The summed E-state index contributed by atoms with van der Waals surface area (Å²) in [7, 11) is 0. The van der Waals surface area contributed by atoms with Crippen molar-refractivity contribution in [3.05, 3.63) is 11.9 Å². The van der Waals surface area contributed by atoms with Crippen LogP contribution in [0.5, 0.6) is 0 Å². The number of nitrogens with one attached hydrogen (secondary N) is 2. The monoisotopic (exact) mass is 281 g/mol. The third-order valence-corrected chi connectivity index (χ3v) is 3.26. The van der Waals surface area contributed by atoms with Crippen LogP contribution < -0.4 is 10.6 Å². The number of ether oxygens (including phenoxy) is 1. The van der Waals surface area contributed by atoms with Crippen molar-refractivity contribution < 1.29 is 9.53 Å². The Hall–Kier alpha value is -1.47. The van der Waals surface area contributed by atoms with E-state index in [9.17, 15) is 4.79 Å². The number of aromatic nitrogens is 3. The quantitative estimate of drug-likeness (QED) is 0.736. The summed E-state index contributed by atoms with van der Waals surface area (Å²) in [5, 5.41) is 14.1. The highest BCUT2D eigenvalue weighted by Crippen LogP contribution is 2.16. The van der Waals surface area contributed by atoms with Gasteiger partial charge in [0.15, 0.2) is 5.69 Å². The van der Waals surface area contributed by atoms with E-state index in [4.69, 9.17) is 4.74 Å². The molecule has 0 spiro atoms. The molecule has 7 heteroatoms. The zero-order chi connectivity index (χ0) is 14.4. The van der Waals surface area contributed by atoms with Crippen LogP contribution in [0, 0.1) is 0 Å². The van der Waals surface area contributed by atoms with Crippen molar-refractivity contribution in [1.29, 1.82) is 0 Å². The molecule has 0 radical (unpaired) electrons. The predicted molar refractivity (Wildman–Crippen MR) is 74.6 cm³/mol. The maximum Gasteiger partial charge on any atom is 0.273 e. The van der Waals surface area contributed by atoms with Crippen molar-refractivity contribution in [2.75, 3.05) is 26.2 Å². The Kier molecular flexibility index (Phi) is 5.49. The van der Waals surface area contributed by atoms with Gasteiger partial charge in [0.1, 0.15) is 0 Å². The smallest absolute Gasteiger partial charge is 0.273 e. The first-order valence-corrected chi connectivity index (χ1v) is 7.19. The SMILES string of the molecule is CC(C)OCCNC(=O)c1cn(C2CCNCC2)nn1. The molecule has 2 rings (SSSR count). The Morgan fingerprint density at radius 2 is 2.30 bits per heavy atom. The van der Waals surface area contributed by atoms with Crippen LogP contribution in [0.2, 0.25) is 0 Å². The lowest BCUT2D eigenvalue weighted by molar-refractivity contribution is 0.0745. The van der Waals surface area contributed by atoms with Gasteiger partial charge in [0.25, 0.3) is 5.91 Å². The first kappa shape index (κ1) is 14.9. The number of piperidine rings is 1. The summed E-state index contributed by atoms with van der Waals surface area (Å²) in [4.78, 5) is 11.9. The number of hydrogen-bond acceptors (Lipinski definition) is 5. The lowest BCUT2D eigenvalue weighted by Gasteiger charge is -2.22. The minimum Gasteiger partial charge on any atom is -0.377 e. The minimum atomic E-state index is -0.197. The van der Waals surface area contributed by atoms with Gasteiger partial charge in [-0.15, -0.1) is 5.10 Å². The fourth-order valence-electron chi connectivity index (χ4n) is 2.18. The topological polar surface area (TPSA) is 81.1 Å². The highest BCUT2D eigenvalue weighted by Gasteiger charge is 2.18. The molecule has 0 aliphatic carbocycles. The maximum atomic E-state index is 11.9. The van der Waals surface area contributed by atoms with E-state index < -0.39 is 0 Å². The van der Waals surface area contributed by atoms with Gasteiger partial charge >= 0.3 is 0 Å². The average Bonchev–Trinajstić information content (AvgIpc) is 2.94. The maximum absolute atomic E-state index is 11.9. The Balaban J connectivity index is 1.80. The third kappa shape index (κ3) is 4.28. The highest BCUT2D eigenvalue weighted by molar-refractivity contribution is 5.91. The van der Waals surface area contributed by atoms with Crippen LogP contribution in [-0.4, -0.2) is 53.2 Å².